The zero-order valence-electron chi connectivity index (χ0n) is 19.7. The van der Waals surface area contributed by atoms with E-state index >= 15 is 0 Å². The fraction of sp³-hybridized carbons (Fsp3) is 0.333. The molecule has 5 rings (SSSR count). The number of fused-ring (bicyclic) bond motifs is 2. The lowest BCUT2D eigenvalue weighted by molar-refractivity contribution is 0.0601. The number of carbonyl (C=O) groups is 1. The number of rotatable bonds is 7. The van der Waals surface area contributed by atoms with Crippen molar-refractivity contribution in [1.82, 2.24) is 9.88 Å². The first-order valence-corrected chi connectivity index (χ1v) is 12.3. The number of nitrogens with one attached hydrogen (secondary N) is 1. The standard InChI is InChI=1S/C27H28ClN3O4/c1-34-27(33)18-5-7-21-19(17-29-23(21)14-18)4-2-3-9-30-10-12-31(13-11-30)24-16-26(32)35-25-15-20(28)6-8-22(24)25/h5-8,14-17,29H,2-4,9-13H2,1H3. The van der Waals surface area contributed by atoms with Crippen molar-refractivity contribution in [2.45, 2.75) is 19.3 Å². The highest BCUT2D eigenvalue weighted by atomic mass is 35.5. The summed E-state index contributed by atoms with van der Waals surface area (Å²) in [7, 11) is 1.39. The number of H-pyrrole nitrogens is 1. The molecule has 0 unspecified atom stereocenters. The lowest BCUT2D eigenvalue weighted by Gasteiger charge is -2.36. The van der Waals surface area contributed by atoms with Crippen LogP contribution in [0.1, 0.15) is 28.8 Å². The number of aryl methyl sites for hydroxylation is 1. The molecule has 3 heterocycles. The Morgan fingerprint density at radius 2 is 1.86 bits per heavy atom. The van der Waals surface area contributed by atoms with E-state index < -0.39 is 0 Å². The molecule has 7 nitrogen and oxygen atoms in total. The Balaban J connectivity index is 1.13. The van der Waals surface area contributed by atoms with Gasteiger partial charge in [-0.3, -0.25) is 4.90 Å². The number of aromatic amines is 1. The number of methoxy groups -OCH3 is 1. The lowest BCUT2D eigenvalue weighted by Crippen LogP contribution is -2.46. The molecule has 4 aromatic rings. The molecular weight excluding hydrogens is 466 g/mol. The van der Waals surface area contributed by atoms with Crippen LogP contribution in [0.15, 0.2) is 57.9 Å². The number of piperazine rings is 1. The number of nitrogens with zero attached hydrogens (tertiary/aromatic N) is 2. The van der Waals surface area contributed by atoms with E-state index in [1.54, 1.807) is 12.1 Å². The summed E-state index contributed by atoms with van der Waals surface area (Å²) in [6.07, 6.45) is 5.24. The van der Waals surface area contributed by atoms with E-state index in [9.17, 15) is 9.59 Å². The van der Waals surface area contributed by atoms with Crippen molar-refractivity contribution < 1.29 is 13.9 Å². The first-order valence-electron chi connectivity index (χ1n) is 11.9. The Morgan fingerprint density at radius 1 is 1.06 bits per heavy atom. The van der Waals surface area contributed by atoms with Crippen molar-refractivity contribution >= 4 is 45.1 Å². The Morgan fingerprint density at radius 3 is 2.66 bits per heavy atom. The average molecular weight is 494 g/mol. The van der Waals surface area contributed by atoms with Crippen LogP contribution >= 0.6 is 11.6 Å². The topological polar surface area (TPSA) is 78.8 Å². The lowest BCUT2D eigenvalue weighted by atomic mass is 10.1. The van der Waals surface area contributed by atoms with Gasteiger partial charge in [0.25, 0.3) is 0 Å². The molecular formula is C27H28ClN3O4. The number of aromatic nitrogens is 1. The molecule has 0 amide bonds. The summed E-state index contributed by atoms with van der Waals surface area (Å²) in [5.41, 5.74) is 3.89. The summed E-state index contributed by atoms with van der Waals surface area (Å²) in [6, 6.07) is 12.7. The van der Waals surface area contributed by atoms with Crippen molar-refractivity contribution in [2.24, 2.45) is 0 Å². The third kappa shape index (κ3) is 5.06. The summed E-state index contributed by atoms with van der Waals surface area (Å²) >= 11 is 6.07. The molecule has 2 aromatic heterocycles. The molecule has 8 heteroatoms. The van der Waals surface area contributed by atoms with E-state index in [2.05, 4.69) is 14.8 Å². The number of unbranched alkanes of at least 4 members (excludes halogenated alkanes) is 1. The van der Waals surface area contributed by atoms with E-state index in [0.29, 0.717) is 16.2 Å². The smallest absolute Gasteiger partial charge is 0.338 e. The molecule has 0 atom stereocenters. The van der Waals surface area contributed by atoms with E-state index in [1.165, 1.54) is 12.7 Å². The predicted octanol–water partition coefficient (Wildman–Crippen LogP) is 4.86. The Bertz CT molecular complexity index is 1420. The van der Waals surface area contributed by atoms with Gasteiger partial charge in [-0.25, -0.2) is 9.59 Å². The number of carbonyl (C=O) groups excluding carboxylic acids is 1. The van der Waals surface area contributed by atoms with Crippen molar-refractivity contribution in [2.75, 3.05) is 44.7 Å². The highest BCUT2D eigenvalue weighted by Crippen LogP contribution is 2.28. The van der Waals surface area contributed by atoms with Crippen molar-refractivity contribution in [3.63, 3.8) is 0 Å². The first kappa shape index (κ1) is 23.5. The fourth-order valence-corrected chi connectivity index (χ4v) is 5.04. The van der Waals surface area contributed by atoms with Crippen LogP contribution < -0.4 is 10.5 Å². The molecule has 182 valence electrons. The van der Waals surface area contributed by atoms with Gasteiger partial charge in [-0.05, 0) is 55.6 Å². The number of hydrogen-bond donors (Lipinski definition) is 1. The number of benzene rings is 2. The molecule has 1 fully saturated rings. The summed E-state index contributed by atoms with van der Waals surface area (Å²) < 4.78 is 10.1. The minimum atomic E-state index is -0.351. The first-order chi connectivity index (χ1) is 17.0. The van der Waals surface area contributed by atoms with Crippen LogP contribution in [0.4, 0.5) is 5.69 Å². The van der Waals surface area contributed by atoms with E-state index in [0.717, 1.165) is 74.0 Å². The number of anilines is 1. The predicted molar refractivity (Wildman–Crippen MR) is 139 cm³/mol. The molecule has 0 spiro atoms. The largest absolute Gasteiger partial charge is 0.465 e. The van der Waals surface area contributed by atoms with Crippen LogP contribution in [0, 0.1) is 0 Å². The molecule has 0 bridgehead atoms. The molecule has 1 aliphatic rings. The minimum absolute atomic E-state index is 0.323. The van der Waals surface area contributed by atoms with Gasteiger partial charge in [0, 0.05) is 65.8 Å². The average Bonchev–Trinajstić information content (AvgIpc) is 3.28. The Hall–Kier alpha value is -3.29. The second-order valence-corrected chi connectivity index (χ2v) is 9.38. The number of ether oxygens (including phenoxy) is 1. The highest BCUT2D eigenvalue weighted by molar-refractivity contribution is 6.31. The zero-order valence-corrected chi connectivity index (χ0v) is 20.4. The summed E-state index contributed by atoms with van der Waals surface area (Å²) in [4.78, 5) is 31.8. The molecule has 1 aliphatic heterocycles. The SMILES string of the molecule is COC(=O)c1ccc2c(CCCCN3CCN(c4cc(=O)oc5cc(Cl)ccc45)CC3)c[nH]c2c1. The zero-order chi connectivity index (χ0) is 24.4. The summed E-state index contributed by atoms with van der Waals surface area (Å²) in [5, 5.41) is 2.63. The second-order valence-electron chi connectivity index (χ2n) is 8.94. The van der Waals surface area contributed by atoms with Gasteiger partial charge in [-0.2, -0.15) is 0 Å². The van der Waals surface area contributed by atoms with Gasteiger partial charge < -0.3 is 19.0 Å². The van der Waals surface area contributed by atoms with Gasteiger partial charge in [0.2, 0.25) is 0 Å². The van der Waals surface area contributed by atoms with Gasteiger partial charge >= 0.3 is 11.6 Å². The monoisotopic (exact) mass is 493 g/mol. The molecule has 2 aromatic carbocycles. The van der Waals surface area contributed by atoms with Crippen LogP contribution in [-0.4, -0.2) is 55.7 Å². The molecule has 0 aliphatic carbocycles. The molecule has 1 saturated heterocycles. The van der Waals surface area contributed by atoms with Crippen LogP contribution in [0.5, 0.6) is 0 Å². The van der Waals surface area contributed by atoms with Crippen molar-refractivity contribution in [3.8, 4) is 0 Å². The molecule has 35 heavy (non-hydrogen) atoms. The molecule has 0 radical (unpaired) electrons. The summed E-state index contributed by atoms with van der Waals surface area (Å²) in [5.74, 6) is -0.323. The van der Waals surface area contributed by atoms with Crippen molar-refractivity contribution in [1.29, 1.82) is 0 Å². The fourth-order valence-electron chi connectivity index (χ4n) is 4.88. The Labute approximate surface area is 208 Å². The van der Waals surface area contributed by atoms with Crippen LogP contribution in [0.3, 0.4) is 0 Å². The number of hydrogen-bond acceptors (Lipinski definition) is 6. The summed E-state index contributed by atoms with van der Waals surface area (Å²) in [6.45, 7) is 4.70. The molecule has 0 saturated carbocycles. The van der Waals surface area contributed by atoms with Gasteiger partial charge in [0.05, 0.1) is 18.4 Å². The van der Waals surface area contributed by atoms with Crippen molar-refractivity contribution in [3.05, 3.63) is 75.2 Å². The third-order valence-corrected chi connectivity index (χ3v) is 6.99. The number of halogens is 1. The van der Waals surface area contributed by atoms with Gasteiger partial charge in [0.1, 0.15) is 5.58 Å². The van der Waals surface area contributed by atoms with Gasteiger partial charge in [-0.15, -0.1) is 0 Å². The Kier molecular flexibility index (Phi) is 6.79. The van der Waals surface area contributed by atoms with Gasteiger partial charge in [-0.1, -0.05) is 17.7 Å². The minimum Gasteiger partial charge on any atom is -0.465 e. The highest BCUT2D eigenvalue weighted by Gasteiger charge is 2.20. The van der Waals surface area contributed by atoms with E-state index in [4.69, 9.17) is 20.8 Å². The maximum Gasteiger partial charge on any atom is 0.338 e. The van der Waals surface area contributed by atoms with Crippen LogP contribution in [0.25, 0.3) is 21.9 Å². The molecule has 1 N–H and O–H groups in total. The van der Waals surface area contributed by atoms with E-state index in [1.807, 2.05) is 36.5 Å². The third-order valence-electron chi connectivity index (χ3n) is 6.76. The maximum atomic E-state index is 12.1. The van der Waals surface area contributed by atoms with Gasteiger partial charge in [0.15, 0.2) is 0 Å². The maximum absolute atomic E-state index is 12.1. The quantitative estimate of drug-likeness (QED) is 0.225. The normalized spacial score (nSPS) is 14.6. The van der Waals surface area contributed by atoms with Crippen LogP contribution in [-0.2, 0) is 11.2 Å². The van der Waals surface area contributed by atoms with Crippen LogP contribution in [0.2, 0.25) is 5.02 Å². The second kappa shape index (κ2) is 10.1. The van der Waals surface area contributed by atoms with E-state index in [-0.39, 0.29) is 11.6 Å². The number of esters is 1.